The van der Waals surface area contributed by atoms with Crippen molar-refractivity contribution in [1.29, 1.82) is 0 Å². The van der Waals surface area contributed by atoms with Crippen LogP contribution in [-0.2, 0) is 14.6 Å². The monoisotopic (exact) mass is 312 g/mol. The van der Waals surface area contributed by atoms with E-state index in [1.165, 1.54) is 11.8 Å². The molecule has 0 saturated heterocycles. The van der Waals surface area contributed by atoms with Crippen LogP contribution in [0.15, 0.2) is 35.2 Å². The molecular weight excluding hydrogens is 292 g/mol. The average molecular weight is 312 g/mol. The van der Waals surface area contributed by atoms with Gasteiger partial charge in [0.2, 0.25) is 0 Å². The van der Waals surface area contributed by atoms with Gasteiger partial charge < -0.3 is 0 Å². The Bertz CT molecular complexity index is 587. The van der Waals surface area contributed by atoms with Gasteiger partial charge in [0.05, 0.1) is 10.1 Å². The Morgan fingerprint density at radius 1 is 1.35 bits per heavy atom. The molecule has 0 aliphatic heterocycles. The maximum atomic E-state index is 12.1. The Balaban J connectivity index is 2.74. The van der Waals surface area contributed by atoms with Crippen LogP contribution in [0.2, 0.25) is 0 Å². The number of carbonyl (C=O) groups excluding carboxylic acids is 1. The molecule has 0 spiro atoms. The van der Waals surface area contributed by atoms with Crippen LogP contribution in [0.4, 0.5) is 0 Å². The second-order valence-corrected chi connectivity index (χ2v) is 8.47. The number of allylic oxidation sites excluding steroid dienone is 1. The first-order valence-corrected chi connectivity index (χ1v) is 9.01. The lowest BCUT2D eigenvalue weighted by molar-refractivity contribution is -0.109. The first kappa shape index (κ1) is 17.0. The standard InChI is InChI=1S/C15H20O3S2/c1-12(2)20(17,18)15-9-6-8-14(11-15)7-4-5-10-19-13(3)16/h4,6-9,11-12H,5,10H2,1-3H3. The summed E-state index contributed by atoms with van der Waals surface area (Å²) in [5.74, 6) is 0.746. The first-order chi connectivity index (χ1) is 9.34. The molecule has 0 radical (unpaired) electrons. The summed E-state index contributed by atoms with van der Waals surface area (Å²) in [6.07, 6.45) is 4.63. The predicted molar refractivity (Wildman–Crippen MR) is 85.6 cm³/mol. The fourth-order valence-corrected chi connectivity index (χ4v) is 3.21. The zero-order valence-corrected chi connectivity index (χ0v) is 13.6. The van der Waals surface area contributed by atoms with Gasteiger partial charge in [0.15, 0.2) is 15.0 Å². The summed E-state index contributed by atoms with van der Waals surface area (Å²) in [7, 11) is -3.23. The van der Waals surface area contributed by atoms with Crippen LogP contribution in [0.5, 0.6) is 0 Å². The fourth-order valence-electron chi connectivity index (χ4n) is 1.56. The molecule has 0 bridgehead atoms. The molecule has 0 aliphatic rings. The van der Waals surface area contributed by atoms with Gasteiger partial charge in [0, 0.05) is 12.7 Å². The van der Waals surface area contributed by atoms with Crippen molar-refractivity contribution in [1.82, 2.24) is 0 Å². The number of benzene rings is 1. The lowest BCUT2D eigenvalue weighted by Crippen LogP contribution is -2.13. The number of carbonyl (C=O) groups is 1. The van der Waals surface area contributed by atoms with Crippen LogP contribution < -0.4 is 0 Å². The summed E-state index contributed by atoms with van der Waals surface area (Å²) in [5.41, 5.74) is 0.861. The van der Waals surface area contributed by atoms with Crippen LogP contribution in [0.3, 0.4) is 0 Å². The van der Waals surface area contributed by atoms with Crippen LogP contribution in [0.25, 0.3) is 6.08 Å². The molecule has 0 aliphatic carbocycles. The van der Waals surface area contributed by atoms with Crippen molar-refractivity contribution < 1.29 is 13.2 Å². The lowest BCUT2D eigenvalue weighted by Gasteiger charge is -2.08. The van der Waals surface area contributed by atoms with Gasteiger partial charge in [0.1, 0.15) is 0 Å². The van der Waals surface area contributed by atoms with Gasteiger partial charge in [-0.3, -0.25) is 4.79 Å². The maximum absolute atomic E-state index is 12.1. The molecule has 1 rings (SSSR count). The molecule has 20 heavy (non-hydrogen) atoms. The molecule has 0 heterocycles. The molecule has 0 fully saturated rings. The van der Waals surface area contributed by atoms with Gasteiger partial charge >= 0.3 is 0 Å². The predicted octanol–water partition coefficient (Wildman–Crippen LogP) is 3.55. The maximum Gasteiger partial charge on any atom is 0.185 e. The Hall–Kier alpha value is -1.07. The normalized spacial score (nSPS) is 12.2. The number of rotatable bonds is 6. The van der Waals surface area contributed by atoms with Crippen molar-refractivity contribution in [2.45, 2.75) is 37.3 Å². The van der Waals surface area contributed by atoms with Gasteiger partial charge in [-0.25, -0.2) is 8.42 Å². The molecule has 0 amide bonds. The minimum Gasteiger partial charge on any atom is -0.288 e. The van der Waals surface area contributed by atoms with E-state index in [1.807, 2.05) is 18.2 Å². The summed E-state index contributed by atoms with van der Waals surface area (Å²) >= 11 is 1.29. The average Bonchev–Trinajstić information content (AvgIpc) is 2.38. The molecule has 3 nitrogen and oxygen atoms in total. The highest BCUT2D eigenvalue weighted by Gasteiger charge is 2.18. The Morgan fingerprint density at radius 2 is 2.05 bits per heavy atom. The van der Waals surface area contributed by atoms with E-state index in [9.17, 15) is 13.2 Å². The molecular formula is C15H20O3S2. The summed E-state index contributed by atoms with van der Waals surface area (Å²) in [4.78, 5) is 11.1. The highest BCUT2D eigenvalue weighted by Crippen LogP contribution is 2.18. The minimum atomic E-state index is -3.23. The van der Waals surface area contributed by atoms with Crippen molar-refractivity contribution in [3.8, 4) is 0 Å². The van der Waals surface area contributed by atoms with Crippen LogP contribution in [0, 0.1) is 0 Å². The third kappa shape index (κ3) is 5.13. The summed E-state index contributed by atoms with van der Waals surface area (Å²) in [6.45, 7) is 4.91. The van der Waals surface area contributed by atoms with Crippen LogP contribution in [-0.4, -0.2) is 24.5 Å². The van der Waals surface area contributed by atoms with Gasteiger partial charge in [-0.05, 0) is 38.0 Å². The van der Waals surface area contributed by atoms with Crippen molar-refractivity contribution in [2.75, 3.05) is 5.75 Å². The molecule has 0 saturated carbocycles. The lowest BCUT2D eigenvalue weighted by atomic mass is 10.2. The van der Waals surface area contributed by atoms with Crippen LogP contribution in [0.1, 0.15) is 32.8 Å². The summed E-state index contributed by atoms with van der Waals surface area (Å²) in [6, 6.07) is 6.93. The zero-order chi connectivity index (χ0) is 15.2. The second-order valence-electron chi connectivity index (χ2n) is 4.70. The van der Waals surface area contributed by atoms with E-state index >= 15 is 0 Å². The molecule has 0 N–H and O–H groups in total. The Kier molecular flexibility index (Phi) is 6.49. The smallest absolute Gasteiger partial charge is 0.185 e. The Morgan fingerprint density at radius 3 is 2.65 bits per heavy atom. The molecule has 0 atom stereocenters. The number of hydrogen-bond donors (Lipinski definition) is 0. The third-order valence-electron chi connectivity index (χ3n) is 2.71. The van der Waals surface area contributed by atoms with Crippen molar-refractivity contribution in [3.05, 3.63) is 35.9 Å². The summed E-state index contributed by atoms with van der Waals surface area (Å²) in [5, 5.41) is -0.308. The van der Waals surface area contributed by atoms with E-state index in [-0.39, 0.29) is 5.12 Å². The van der Waals surface area contributed by atoms with Gasteiger partial charge in [-0.1, -0.05) is 36.0 Å². The largest absolute Gasteiger partial charge is 0.288 e. The van der Waals surface area contributed by atoms with E-state index in [0.29, 0.717) is 4.90 Å². The van der Waals surface area contributed by atoms with E-state index in [2.05, 4.69) is 0 Å². The molecule has 0 unspecified atom stereocenters. The van der Waals surface area contributed by atoms with Gasteiger partial charge in [-0.2, -0.15) is 0 Å². The molecule has 1 aromatic rings. The third-order valence-corrected chi connectivity index (χ3v) is 5.71. The number of sulfone groups is 1. The molecule has 1 aromatic carbocycles. The van der Waals surface area contributed by atoms with E-state index in [1.54, 1.807) is 39.0 Å². The fraction of sp³-hybridized carbons (Fsp3) is 0.400. The van der Waals surface area contributed by atoms with Gasteiger partial charge in [0.25, 0.3) is 0 Å². The Labute approximate surface area is 125 Å². The quantitative estimate of drug-likeness (QED) is 0.754. The molecule has 110 valence electrons. The van der Waals surface area contributed by atoms with E-state index in [4.69, 9.17) is 0 Å². The molecule has 0 aromatic heterocycles. The highest BCUT2D eigenvalue weighted by molar-refractivity contribution is 8.13. The first-order valence-electron chi connectivity index (χ1n) is 6.48. The topological polar surface area (TPSA) is 51.2 Å². The second kappa shape index (κ2) is 7.64. The summed E-state index contributed by atoms with van der Waals surface area (Å²) < 4.78 is 24.1. The SMILES string of the molecule is CC(=O)SCCC=Cc1cccc(S(=O)(=O)C(C)C)c1. The van der Waals surface area contributed by atoms with E-state index < -0.39 is 15.1 Å². The zero-order valence-electron chi connectivity index (χ0n) is 12.0. The minimum absolute atomic E-state index is 0.114. The van der Waals surface area contributed by atoms with Crippen LogP contribution >= 0.6 is 11.8 Å². The van der Waals surface area contributed by atoms with E-state index in [0.717, 1.165) is 17.7 Å². The van der Waals surface area contributed by atoms with Crippen molar-refractivity contribution in [2.24, 2.45) is 0 Å². The highest BCUT2D eigenvalue weighted by atomic mass is 32.2. The van der Waals surface area contributed by atoms with Crippen molar-refractivity contribution in [3.63, 3.8) is 0 Å². The number of hydrogen-bond acceptors (Lipinski definition) is 4. The van der Waals surface area contributed by atoms with Crippen molar-refractivity contribution >= 4 is 32.8 Å². The van der Waals surface area contributed by atoms with Gasteiger partial charge in [-0.15, -0.1) is 0 Å². The molecule has 5 heteroatoms. The number of thioether (sulfide) groups is 1.